The molecule has 0 atom stereocenters. The normalized spacial score (nSPS) is 23.5. The average Bonchev–Trinajstić information content (AvgIpc) is 2.93. The Kier molecular flexibility index (Phi) is 5.00. The number of nitrogens with zero attached hydrogens (tertiary/aromatic N) is 2. The van der Waals surface area contributed by atoms with Crippen molar-refractivity contribution in [1.82, 2.24) is 9.80 Å². The molecule has 0 unspecified atom stereocenters. The first-order chi connectivity index (χ1) is 8.81. The maximum absolute atomic E-state index is 11.9. The molecule has 0 aromatic heterocycles. The van der Waals surface area contributed by atoms with Gasteiger partial charge in [0.15, 0.2) is 0 Å². The minimum Gasteiger partial charge on any atom is -0.337 e. The van der Waals surface area contributed by atoms with Gasteiger partial charge in [-0.3, -0.25) is 9.69 Å². The summed E-state index contributed by atoms with van der Waals surface area (Å²) in [4.78, 5) is 16.4. The Bertz CT molecular complexity index is 321. The molecule has 3 heteroatoms. The Labute approximate surface area is 110 Å². The van der Waals surface area contributed by atoms with E-state index in [0.29, 0.717) is 0 Å². The van der Waals surface area contributed by atoms with E-state index >= 15 is 0 Å². The van der Waals surface area contributed by atoms with Gasteiger partial charge in [-0.15, -0.1) is 0 Å². The van der Waals surface area contributed by atoms with Crippen LogP contribution in [-0.2, 0) is 4.79 Å². The molecule has 1 heterocycles. The highest BCUT2D eigenvalue weighted by Crippen LogP contribution is 2.24. The molecule has 0 radical (unpaired) electrons. The van der Waals surface area contributed by atoms with E-state index in [0.717, 1.165) is 32.2 Å². The molecule has 0 N–H and O–H groups in total. The second-order valence-corrected chi connectivity index (χ2v) is 5.18. The predicted molar refractivity (Wildman–Crippen MR) is 74.4 cm³/mol. The first kappa shape index (κ1) is 13.3. The number of rotatable bonds is 3. The molecule has 100 valence electrons. The maximum Gasteiger partial charge on any atom is 0.246 e. The molecule has 0 bridgehead atoms. The second kappa shape index (κ2) is 6.74. The SMILES string of the molecule is C/C=C/C=C/C(=O)N1CCN(C2CCCC2)CC1. The van der Waals surface area contributed by atoms with Crippen LogP contribution in [0.2, 0.25) is 0 Å². The van der Waals surface area contributed by atoms with Gasteiger partial charge < -0.3 is 4.90 Å². The summed E-state index contributed by atoms with van der Waals surface area (Å²) in [6, 6.07) is 0.792. The van der Waals surface area contributed by atoms with Crippen molar-refractivity contribution in [3.05, 3.63) is 24.3 Å². The number of amides is 1. The number of carbonyl (C=O) groups excluding carboxylic acids is 1. The summed E-state index contributed by atoms with van der Waals surface area (Å²) in [6.45, 7) is 5.82. The first-order valence-electron chi connectivity index (χ1n) is 7.13. The summed E-state index contributed by atoms with van der Waals surface area (Å²) < 4.78 is 0. The van der Waals surface area contributed by atoms with Gasteiger partial charge in [-0.05, 0) is 19.8 Å². The second-order valence-electron chi connectivity index (χ2n) is 5.18. The summed E-state index contributed by atoms with van der Waals surface area (Å²) in [7, 11) is 0. The van der Waals surface area contributed by atoms with Crippen molar-refractivity contribution in [3.63, 3.8) is 0 Å². The molecule has 1 aliphatic carbocycles. The Morgan fingerprint density at radius 1 is 1.06 bits per heavy atom. The number of allylic oxidation sites excluding steroid dienone is 3. The molecule has 3 nitrogen and oxygen atoms in total. The lowest BCUT2D eigenvalue weighted by atomic mass is 10.2. The van der Waals surface area contributed by atoms with Crippen LogP contribution in [0.15, 0.2) is 24.3 Å². The van der Waals surface area contributed by atoms with Gasteiger partial charge in [0.1, 0.15) is 0 Å². The monoisotopic (exact) mass is 248 g/mol. The zero-order chi connectivity index (χ0) is 12.8. The quantitative estimate of drug-likeness (QED) is 0.565. The van der Waals surface area contributed by atoms with Crippen molar-refractivity contribution in [3.8, 4) is 0 Å². The predicted octanol–water partition coefficient (Wildman–Crippen LogP) is 2.21. The minimum atomic E-state index is 0.152. The summed E-state index contributed by atoms with van der Waals surface area (Å²) in [5.41, 5.74) is 0. The molecule has 1 amide bonds. The maximum atomic E-state index is 11.9. The fraction of sp³-hybridized carbons (Fsp3) is 0.667. The van der Waals surface area contributed by atoms with Crippen molar-refractivity contribution in [2.45, 2.75) is 38.6 Å². The standard InChI is InChI=1S/C15H24N2O/c1-2-3-4-9-15(18)17-12-10-16(11-13-17)14-7-5-6-8-14/h2-4,9,14H,5-8,10-13H2,1H3/b3-2+,9-4+. The van der Waals surface area contributed by atoms with Crippen LogP contribution in [0.4, 0.5) is 0 Å². The van der Waals surface area contributed by atoms with Gasteiger partial charge in [0.05, 0.1) is 0 Å². The Balaban J connectivity index is 1.77. The molecule has 2 rings (SSSR count). The van der Waals surface area contributed by atoms with Crippen LogP contribution in [-0.4, -0.2) is 47.9 Å². The highest BCUT2D eigenvalue weighted by atomic mass is 16.2. The zero-order valence-corrected chi connectivity index (χ0v) is 11.3. The largest absolute Gasteiger partial charge is 0.337 e. The van der Waals surface area contributed by atoms with Crippen LogP contribution in [0.25, 0.3) is 0 Å². The smallest absolute Gasteiger partial charge is 0.246 e. The highest BCUT2D eigenvalue weighted by molar-refractivity contribution is 5.87. The molecule has 2 fully saturated rings. The van der Waals surface area contributed by atoms with Crippen molar-refractivity contribution in [2.24, 2.45) is 0 Å². The number of piperazine rings is 1. The van der Waals surface area contributed by atoms with Gasteiger partial charge in [0.25, 0.3) is 0 Å². The topological polar surface area (TPSA) is 23.6 Å². The van der Waals surface area contributed by atoms with Crippen LogP contribution in [0, 0.1) is 0 Å². The van der Waals surface area contributed by atoms with Crippen LogP contribution in [0.3, 0.4) is 0 Å². The van der Waals surface area contributed by atoms with Gasteiger partial charge in [-0.1, -0.05) is 31.1 Å². The lowest BCUT2D eigenvalue weighted by Gasteiger charge is -2.37. The van der Waals surface area contributed by atoms with E-state index in [1.807, 2.05) is 30.1 Å². The fourth-order valence-corrected chi connectivity index (χ4v) is 2.93. The Morgan fingerprint density at radius 3 is 2.33 bits per heavy atom. The zero-order valence-electron chi connectivity index (χ0n) is 11.3. The van der Waals surface area contributed by atoms with E-state index in [4.69, 9.17) is 0 Å². The van der Waals surface area contributed by atoms with E-state index in [1.54, 1.807) is 6.08 Å². The van der Waals surface area contributed by atoms with Gasteiger partial charge in [0.2, 0.25) is 5.91 Å². The van der Waals surface area contributed by atoms with Crippen molar-refractivity contribution < 1.29 is 4.79 Å². The van der Waals surface area contributed by atoms with E-state index in [2.05, 4.69) is 4.90 Å². The third-order valence-electron chi connectivity index (χ3n) is 4.01. The summed E-state index contributed by atoms with van der Waals surface area (Å²) in [6.07, 6.45) is 12.8. The first-order valence-corrected chi connectivity index (χ1v) is 7.13. The average molecular weight is 248 g/mol. The van der Waals surface area contributed by atoms with Crippen LogP contribution < -0.4 is 0 Å². The van der Waals surface area contributed by atoms with Gasteiger partial charge >= 0.3 is 0 Å². The van der Waals surface area contributed by atoms with Crippen LogP contribution >= 0.6 is 0 Å². The Hall–Kier alpha value is -1.09. The Morgan fingerprint density at radius 2 is 1.72 bits per heavy atom. The molecular weight excluding hydrogens is 224 g/mol. The molecule has 1 saturated carbocycles. The van der Waals surface area contributed by atoms with E-state index in [-0.39, 0.29) is 5.91 Å². The molecular formula is C15H24N2O. The van der Waals surface area contributed by atoms with E-state index < -0.39 is 0 Å². The van der Waals surface area contributed by atoms with Crippen molar-refractivity contribution >= 4 is 5.91 Å². The number of hydrogen-bond acceptors (Lipinski definition) is 2. The fourth-order valence-electron chi connectivity index (χ4n) is 2.93. The summed E-state index contributed by atoms with van der Waals surface area (Å²) in [5, 5.41) is 0. The highest BCUT2D eigenvalue weighted by Gasteiger charge is 2.26. The molecule has 0 spiro atoms. The van der Waals surface area contributed by atoms with Gasteiger partial charge in [-0.2, -0.15) is 0 Å². The van der Waals surface area contributed by atoms with Crippen LogP contribution in [0.1, 0.15) is 32.6 Å². The molecule has 0 aromatic carbocycles. The molecule has 0 aromatic rings. The lowest BCUT2D eigenvalue weighted by molar-refractivity contribution is -0.128. The molecule has 1 saturated heterocycles. The van der Waals surface area contributed by atoms with Gasteiger partial charge in [-0.25, -0.2) is 0 Å². The van der Waals surface area contributed by atoms with E-state index in [9.17, 15) is 4.79 Å². The van der Waals surface area contributed by atoms with E-state index in [1.165, 1.54) is 25.7 Å². The third-order valence-corrected chi connectivity index (χ3v) is 4.01. The number of hydrogen-bond donors (Lipinski definition) is 0. The molecule has 1 aliphatic heterocycles. The third kappa shape index (κ3) is 3.45. The minimum absolute atomic E-state index is 0.152. The summed E-state index contributed by atoms with van der Waals surface area (Å²) >= 11 is 0. The van der Waals surface area contributed by atoms with Gasteiger partial charge in [0, 0.05) is 38.3 Å². The lowest BCUT2D eigenvalue weighted by Crippen LogP contribution is -2.51. The van der Waals surface area contributed by atoms with Crippen molar-refractivity contribution in [1.29, 1.82) is 0 Å². The number of carbonyl (C=O) groups is 1. The van der Waals surface area contributed by atoms with Crippen LogP contribution in [0.5, 0.6) is 0 Å². The molecule has 18 heavy (non-hydrogen) atoms. The molecule has 2 aliphatic rings. The summed E-state index contributed by atoms with van der Waals surface area (Å²) in [5.74, 6) is 0.152. The van der Waals surface area contributed by atoms with Crippen molar-refractivity contribution in [2.75, 3.05) is 26.2 Å².